The summed E-state index contributed by atoms with van der Waals surface area (Å²) in [5, 5.41) is 0. The normalized spacial score (nSPS) is 9.93. The van der Waals surface area contributed by atoms with Gasteiger partial charge in [-0.1, -0.05) is 0 Å². The fraction of sp³-hybridized carbons (Fsp3) is 0.333. The Morgan fingerprint density at radius 1 is 1.43 bits per heavy atom. The second-order valence-corrected chi connectivity index (χ2v) is 4.76. The van der Waals surface area contributed by atoms with E-state index in [4.69, 9.17) is 5.53 Å². The summed E-state index contributed by atoms with van der Waals surface area (Å²) >= 11 is -0.124. The molecule has 0 spiro atoms. The summed E-state index contributed by atoms with van der Waals surface area (Å²) in [5.74, 6) is 0. The summed E-state index contributed by atoms with van der Waals surface area (Å²) in [4.78, 5) is 4.89. The van der Waals surface area contributed by atoms with E-state index in [-0.39, 0.29) is 15.2 Å². The average Bonchev–Trinajstić information content (AvgIpc) is 2.16. The van der Waals surface area contributed by atoms with Gasteiger partial charge in [0.1, 0.15) is 0 Å². The summed E-state index contributed by atoms with van der Waals surface area (Å²) in [5.41, 5.74) is 9.50. The van der Waals surface area contributed by atoms with Gasteiger partial charge in [-0.15, -0.1) is 0 Å². The molecule has 0 aliphatic heterocycles. The summed E-state index contributed by atoms with van der Waals surface area (Å²) in [6.07, 6.45) is 0. The summed E-state index contributed by atoms with van der Waals surface area (Å²) in [6, 6.07) is 8.08. The first-order chi connectivity index (χ1) is 6.74. The van der Waals surface area contributed by atoms with E-state index in [1.54, 1.807) is 0 Å². The van der Waals surface area contributed by atoms with Crippen LogP contribution in [0, 0.1) is 0 Å². The van der Waals surface area contributed by atoms with Crippen molar-refractivity contribution in [3.63, 3.8) is 0 Å². The van der Waals surface area contributed by atoms with Crippen LogP contribution in [0.4, 0.5) is 0 Å². The van der Waals surface area contributed by atoms with E-state index >= 15 is 0 Å². The number of hydrogen-bond acceptors (Lipinski definition) is 2. The maximum atomic E-state index is 8.26. The molecule has 0 aromatic heterocycles. The van der Waals surface area contributed by atoms with Gasteiger partial charge < -0.3 is 0 Å². The van der Waals surface area contributed by atoms with Crippen molar-refractivity contribution in [2.24, 2.45) is 4.13 Å². The number of benzene rings is 1. The summed E-state index contributed by atoms with van der Waals surface area (Å²) in [7, 11) is 4.05. The SMILES string of the molecule is CN(C)Cc1ccccc1[Se]N=[N+]=[N-]. The fourth-order valence-electron chi connectivity index (χ4n) is 1.13. The Hall–Kier alpha value is -0.991. The summed E-state index contributed by atoms with van der Waals surface area (Å²) < 4.78 is 4.79. The Balaban J connectivity index is 2.84. The van der Waals surface area contributed by atoms with Crippen LogP contribution in [-0.4, -0.2) is 34.2 Å². The Morgan fingerprint density at radius 2 is 2.14 bits per heavy atom. The summed E-state index contributed by atoms with van der Waals surface area (Å²) in [6.45, 7) is 0.888. The standard InChI is InChI=1S/C9H12N4Se/c1-13(2)7-8-5-3-4-6-9(8)14-12-11-10/h3-6H,7H2,1-2H3. The third-order valence-electron chi connectivity index (χ3n) is 1.63. The monoisotopic (exact) mass is 256 g/mol. The predicted octanol–water partition coefficient (Wildman–Crippen LogP) is 1.30. The van der Waals surface area contributed by atoms with Crippen LogP contribution in [-0.2, 0) is 6.54 Å². The topological polar surface area (TPSA) is 52.0 Å². The third-order valence-corrected chi connectivity index (χ3v) is 3.21. The average molecular weight is 255 g/mol. The van der Waals surface area contributed by atoms with Gasteiger partial charge in [0.2, 0.25) is 0 Å². The van der Waals surface area contributed by atoms with Crippen molar-refractivity contribution >= 4 is 19.6 Å². The van der Waals surface area contributed by atoms with Crippen LogP contribution in [0.5, 0.6) is 0 Å². The zero-order valence-corrected chi connectivity index (χ0v) is 9.93. The van der Waals surface area contributed by atoms with Crippen molar-refractivity contribution in [2.45, 2.75) is 6.54 Å². The number of rotatable bonds is 4. The molecule has 14 heavy (non-hydrogen) atoms. The first-order valence-electron chi connectivity index (χ1n) is 4.18. The molecule has 74 valence electrons. The van der Waals surface area contributed by atoms with Gasteiger partial charge in [0.25, 0.3) is 0 Å². The molecule has 0 saturated heterocycles. The van der Waals surface area contributed by atoms with E-state index < -0.39 is 0 Å². The van der Waals surface area contributed by atoms with E-state index in [1.807, 2.05) is 32.3 Å². The molecule has 0 radical (unpaired) electrons. The van der Waals surface area contributed by atoms with Gasteiger partial charge >= 0.3 is 89.6 Å². The molecule has 0 aliphatic carbocycles. The zero-order valence-electron chi connectivity index (χ0n) is 8.21. The van der Waals surface area contributed by atoms with E-state index in [2.05, 4.69) is 20.0 Å². The molecule has 0 unspecified atom stereocenters. The van der Waals surface area contributed by atoms with Crippen molar-refractivity contribution < 1.29 is 0 Å². The van der Waals surface area contributed by atoms with Crippen molar-refractivity contribution in [3.8, 4) is 0 Å². The van der Waals surface area contributed by atoms with Crippen LogP contribution in [0.1, 0.15) is 5.56 Å². The van der Waals surface area contributed by atoms with E-state index in [0.717, 1.165) is 11.0 Å². The van der Waals surface area contributed by atoms with E-state index in [0.29, 0.717) is 0 Å². The Morgan fingerprint density at radius 3 is 2.79 bits per heavy atom. The van der Waals surface area contributed by atoms with Crippen LogP contribution in [0.2, 0.25) is 0 Å². The number of hydrogen-bond donors (Lipinski definition) is 0. The van der Waals surface area contributed by atoms with Gasteiger partial charge in [-0.25, -0.2) is 0 Å². The van der Waals surface area contributed by atoms with Crippen molar-refractivity contribution in [3.05, 3.63) is 40.3 Å². The Labute approximate surface area is 89.9 Å². The van der Waals surface area contributed by atoms with Gasteiger partial charge in [0.15, 0.2) is 0 Å². The third kappa shape index (κ3) is 3.40. The molecule has 4 nitrogen and oxygen atoms in total. The molecular weight excluding hydrogens is 243 g/mol. The molecule has 1 rings (SSSR count). The van der Waals surface area contributed by atoms with Crippen LogP contribution in [0.25, 0.3) is 10.4 Å². The molecule has 1 aromatic rings. The molecular formula is C9H12N4Se. The van der Waals surface area contributed by atoms with Crippen LogP contribution < -0.4 is 4.46 Å². The quantitative estimate of drug-likeness (QED) is 0.346. The molecule has 0 bridgehead atoms. The molecule has 5 heteroatoms. The van der Waals surface area contributed by atoms with Gasteiger partial charge in [-0.05, 0) is 0 Å². The van der Waals surface area contributed by atoms with Gasteiger partial charge in [0.05, 0.1) is 0 Å². The molecule has 0 atom stereocenters. The van der Waals surface area contributed by atoms with Crippen LogP contribution >= 0.6 is 0 Å². The second kappa shape index (κ2) is 5.68. The van der Waals surface area contributed by atoms with Crippen LogP contribution in [0.15, 0.2) is 28.4 Å². The van der Waals surface area contributed by atoms with Crippen molar-refractivity contribution in [2.75, 3.05) is 14.1 Å². The Kier molecular flexibility index (Phi) is 4.50. The molecule has 0 aliphatic rings. The van der Waals surface area contributed by atoms with Crippen molar-refractivity contribution in [1.82, 2.24) is 4.90 Å². The minimum absolute atomic E-state index is 0.124. The predicted molar refractivity (Wildman–Crippen MR) is 58.4 cm³/mol. The van der Waals surface area contributed by atoms with Gasteiger partial charge in [0, 0.05) is 0 Å². The van der Waals surface area contributed by atoms with Gasteiger partial charge in [-0.3, -0.25) is 0 Å². The van der Waals surface area contributed by atoms with Gasteiger partial charge in [-0.2, -0.15) is 0 Å². The van der Waals surface area contributed by atoms with Crippen LogP contribution in [0.3, 0.4) is 0 Å². The van der Waals surface area contributed by atoms with E-state index in [1.165, 1.54) is 5.56 Å². The molecule has 0 amide bonds. The molecule has 0 fully saturated rings. The van der Waals surface area contributed by atoms with E-state index in [9.17, 15) is 0 Å². The second-order valence-electron chi connectivity index (χ2n) is 3.11. The Bertz CT molecular complexity index is 344. The fourth-order valence-corrected chi connectivity index (χ4v) is 2.20. The molecule has 0 heterocycles. The minimum atomic E-state index is -0.124. The molecule has 0 N–H and O–H groups in total. The first-order valence-corrected chi connectivity index (χ1v) is 5.80. The first kappa shape index (κ1) is 11.1. The molecule has 0 saturated carbocycles. The number of nitrogens with zero attached hydrogens (tertiary/aromatic N) is 4. The molecule has 1 aromatic carbocycles. The zero-order chi connectivity index (χ0) is 10.4. The van der Waals surface area contributed by atoms with Crippen molar-refractivity contribution in [1.29, 1.82) is 0 Å². The number of azide groups is 1. The maximum absolute atomic E-state index is 8.26.